The second-order valence-corrected chi connectivity index (χ2v) is 7.46. The fraction of sp³-hybridized carbons (Fsp3) is 0.632. The van der Waals surface area contributed by atoms with Gasteiger partial charge < -0.3 is 15.4 Å². The zero-order chi connectivity index (χ0) is 17.6. The van der Waals surface area contributed by atoms with Crippen LogP contribution in [0, 0.1) is 17.2 Å². The molecule has 0 saturated carbocycles. The molecule has 2 unspecified atom stereocenters. The van der Waals surface area contributed by atoms with Crippen molar-refractivity contribution in [3.63, 3.8) is 0 Å². The SMILES string of the molecule is CN=C(NCc1ccccc1F)NCC1CCCOC1C(C)(C)C.I. The number of rotatable bonds is 4. The molecule has 0 aliphatic carbocycles. The summed E-state index contributed by atoms with van der Waals surface area (Å²) in [5.41, 5.74) is 0.755. The number of ether oxygens (including phenoxy) is 1. The quantitative estimate of drug-likeness (QED) is 0.404. The number of aliphatic imine (C=N–C) groups is 1. The Morgan fingerprint density at radius 1 is 1.28 bits per heavy atom. The van der Waals surface area contributed by atoms with Gasteiger partial charge in [-0.05, 0) is 24.3 Å². The van der Waals surface area contributed by atoms with Crippen LogP contribution >= 0.6 is 24.0 Å². The fourth-order valence-electron chi connectivity index (χ4n) is 3.28. The van der Waals surface area contributed by atoms with E-state index in [1.54, 1.807) is 19.2 Å². The maximum atomic E-state index is 13.7. The van der Waals surface area contributed by atoms with Crippen LogP contribution in [-0.4, -0.2) is 32.3 Å². The van der Waals surface area contributed by atoms with E-state index in [0.717, 1.165) is 26.0 Å². The molecule has 1 aromatic carbocycles. The first-order valence-electron chi connectivity index (χ1n) is 8.71. The molecular formula is C19H31FIN3O. The minimum atomic E-state index is -0.200. The van der Waals surface area contributed by atoms with Crippen LogP contribution in [0.1, 0.15) is 39.2 Å². The highest BCUT2D eigenvalue weighted by Crippen LogP contribution is 2.33. The monoisotopic (exact) mass is 463 g/mol. The molecule has 1 aromatic rings. The van der Waals surface area contributed by atoms with Crippen LogP contribution < -0.4 is 10.6 Å². The normalized spacial score (nSPS) is 21.4. The van der Waals surface area contributed by atoms with E-state index in [2.05, 4.69) is 36.4 Å². The molecule has 0 aromatic heterocycles. The standard InChI is InChI=1S/C19H30FN3O.HI/c1-19(2,3)17-15(9-7-11-24-17)13-23-18(21-4)22-12-14-8-5-6-10-16(14)20;/h5-6,8,10,15,17H,7,9,11-13H2,1-4H3,(H2,21,22,23);1H. The first kappa shape index (κ1) is 22.2. The Labute approximate surface area is 168 Å². The molecule has 0 amide bonds. The van der Waals surface area contributed by atoms with E-state index in [1.165, 1.54) is 6.07 Å². The second-order valence-electron chi connectivity index (χ2n) is 7.46. The van der Waals surface area contributed by atoms with Gasteiger partial charge in [-0.1, -0.05) is 39.0 Å². The average molecular weight is 463 g/mol. The highest BCUT2D eigenvalue weighted by atomic mass is 127. The Bertz CT molecular complexity index is 560. The lowest BCUT2D eigenvalue weighted by atomic mass is 9.78. The largest absolute Gasteiger partial charge is 0.377 e. The molecule has 1 fully saturated rings. The van der Waals surface area contributed by atoms with Gasteiger partial charge in [0.05, 0.1) is 6.10 Å². The molecule has 1 heterocycles. The lowest BCUT2D eigenvalue weighted by molar-refractivity contribution is -0.0835. The molecule has 25 heavy (non-hydrogen) atoms. The third kappa shape index (κ3) is 6.73. The van der Waals surface area contributed by atoms with Crippen molar-refractivity contribution in [2.45, 2.75) is 46.3 Å². The molecule has 0 spiro atoms. The number of guanidine groups is 1. The van der Waals surface area contributed by atoms with E-state index in [-0.39, 0.29) is 41.3 Å². The van der Waals surface area contributed by atoms with Crippen molar-refractivity contribution in [2.75, 3.05) is 20.2 Å². The van der Waals surface area contributed by atoms with Crippen molar-refractivity contribution in [3.05, 3.63) is 35.6 Å². The molecule has 4 nitrogen and oxygen atoms in total. The number of nitrogens with zero attached hydrogens (tertiary/aromatic N) is 1. The average Bonchev–Trinajstić information content (AvgIpc) is 2.56. The topological polar surface area (TPSA) is 45.7 Å². The number of hydrogen-bond donors (Lipinski definition) is 2. The summed E-state index contributed by atoms with van der Waals surface area (Å²) in [6.45, 7) is 8.73. The van der Waals surface area contributed by atoms with Crippen LogP contribution in [0.4, 0.5) is 4.39 Å². The molecule has 2 rings (SSSR count). The van der Waals surface area contributed by atoms with Gasteiger partial charge in [0.2, 0.25) is 0 Å². The van der Waals surface area contributed by atoms with Gasteiger partial charge in [-0.15, -0.1) is 24.0 Å². The maximum Gasteiger partial charge on any atom is 0.191 e. The van der Waals surface area contributed by atoms with Crippen molar-refractivity contribution < 1.29 is 9.13 Å². The second kappa shape index (κ2) is 10.3. The van der Waals surface area contributed by atoms with Crippen LogP contribution in [0.5, 0.6) is 0 Å². The summed E-state index contributed by atoms with van der Waals surface area (Å²) in [5.74, 6) is 0.941. The molecule has 1 saturated heterocycles. The highest BCUT2D eigenvalue weighted by Gasteiger charge is 2.35. The maximum absolute atomic E-state index is 13.7. The summed E-state index contributed by atoms with van der Waals surface area (Å²) < 4.78 is 19.7. The van der Waals surface area contributed by atoms with Crippen LogP contribution in [0.25, 0.3) is 0 Å². The van der Waals surface area contributed by atoms with Gasteiger partial charge >= 0.3 is 0 Å². The Kier molecular flexibility index (Phi) is 9.13. The van der Waals surface area contributed by atoms with E-state index in [0.29, 0.717) is 24.0 Å². The molecule has 0 bridgehead atoms. The van der Waals surface area contributed by atoms with E-state index in [9.17, 15) is 4.39 Å². The molecule has 1 aliphatic rings. The van der Waals surface area contributed by atoms with E-state index >= 15 is 0 Å². The van der Waals surface area contributed by atoms with Gasteiger partial charge in [0, 0.05) is 38.2 Å². The van der Waals surface area contributed by atoms with Crippen molar-refractivity contribution in [3.8, 4) is 0 Å². The number of halogens is 2. The van der Waals surface area contributed by atoms with Crippen molar-refractivity contribution in [1.82, 2.24) is 10.6 Å². The Hall–Kier alpha value is -0.890. The van der Waals surface area contributed by atoms with Crippen molar-refractivity contribution >= 4 is 29.9 Å². The zero-order valence-corrected chi connectivity index (χ0v) is 18.0. The van der Waals surface area contributed by atoms with Crippen LogP contribution in [0.2, 0.25) is 0 Å². The molecular weight excluding hydrogens is 432 g/mol. The molecule has 142 valence electrons. The first-order chi connectivity index (χ1) is 11.4. The fourth-order valence-corrected chi connectivity index (χ4v) is 3.28. The van der Waals surface area contributed by atoms with Gasteiger partial charge in [0.25, 0.3) is 0 Å². The van der Waals surface area contributed by atoms with E-state index < -0.39 is 0 Å². The lowest BCUT2D eigenvalue weighted by Crippen LogP contribution is -2.47. The molecule has 1 aliphatic heterocycles. The molecule has 2 atom stereocenters. The molecule has 2 N–H and O–H groups in total. The van der Waals surface area contributed by atoms with Gasteiger partial charge in [-0.2, -0.15) is 0 Å². The number of nitrogens with one attached hydrogen (secondary N) is 2. The zero-order valence-electron chi connectivity index (χ0n) is 15.6. The van der Waals surface area contributed by atoms with E-state index in [4.69, 9.17) is 4.74 Å². The van der Waals surface area contributed by atoms with Gasteiger partial charge in [0.15, 0.2) is 5.96 Å². The smallest absolute Gasteiger partial charge is 0.191 e. The summed E-state index contributed by atoms with van der Waals surface area (Å²) in [4.78, 5) is 4.24. The van der Waals surface area contributed by atoms with E-state index in [1.807, 2.05) is 6.07 Å². The van der Waals surface area contributed by atoms with Crippen LogP contribution in [-0.2, 0) is 11.3 Å². The van der Waals surface area contributed by atoms with Gasteiger partial charge in [-0.25, -0.2) is 4.39 Å². The van der Waals surface area contributed by atoms with Crippen molar-refractivity contribution in [1.29, 1.82) is 0 Å². The summed E-state index contributed by atoms with van der Waals surface area (Å²) in [5, 5.41) is 6.55. The molecule has 6 heteroatoms. The third-order valence-corrected chi connectivity index (χ3v) is 4.46. The molecule has 0 radical (unpaired) electrons. The summed E-state index contributed by atoms with van der Waals surface area (Å²) >= 11 is 0. The first-order valence-corrected chi connectivity index (χ1v) is 8.71. The Morgan fingerprint density at radius 2 is 2.00 bits per heavy atom. The Morgan fingerprint density at radius 3 is 2.64 bits per heavy atom. The number of benzene rings is 1. The van der Waals surface area contributed by atoms with Crippen LogP contribution in [0.15, 0.2) is 29.3 Å². The predicted molar refractivity (Wildman–Crippen MR) is 112 cm³/mol. The third-order valence-electron chi connectivity index (χ3n) is 4.46. The minimum absolute atomic E-state index is 0. The minimum Gasteiger partial charge on any atom is -0.377 e. The van der Waals surface area contributed by atoms with Crippen molar-refractivity contribution in [2.24, 2.45) is 16.3 Å². The predicted octanol–water partition coefficient (Wildman–Crippen LogP) is 3.95. The van der Waals surface area contributed by atoms with Gasteiger partial charge in [0.1, 0.15) is 5.82 Å². The Balaban J connectivity index is 0.00000312. The summed E-state index contributed by atoms with van der Waals surface area (Å²) in [7, 11) is 1.73. The lowest BCUT2D eigenvalue weighted by Gasteiger charge is -2.40. The number of hydrogen-bond acceptors (Lipinski definition) is 2. The van der Waals surface area contributed by atoms with Gasteiger partial charge in [-0.3, -0.25) is 4.99 Å². The van der Waals surface area contributed by atoms with Crippen LogP contribution in [0.3, 0.4) is 0 Å². The summed E-state index contributed by atoms with van der Waals surface area (Å²) in [6.07, 6.45) is 2.49. The highest BCUT2D eigenvalue weighted by molar-refractivity contribution is 14.0. The summed E-state index contributed by atoms with van der Waals surface area (Å²) in [6, 6.07) is 6.78.